The summed E-state index contributed by atoms with van der Waals surface area (Å²) in [6.45, 7) is 2.94. The quantitative estimate of drug-likeness (QED) is 0.619. The number of hydrogen-bond donors (Lipinski definition) is 2. The van der Waals surface area contributed by atoms with Gasteiger partial charge >= 0.3 is 0 Å². The molecule has 3 heteroatoms. The van der Waals surface area contributed by atoms with Crippen molar-refractivity contribution in [3.05, 3.63) is 47.2 Å². The van der Waals surface area contributed by atoms with Gasteiger partial charge < -0.3 is 4.74 Å². The Hall–Kier alpha value is -1.32. The van der Waals surface area contributed by atoms with Crippen LogP contribution in [0.3, 0.4) is 0 Å². The van der Waals surface area contributed by atoms with Crippen molar-refractivity contribution in [2.45, 2.75) is 32.2 Å². The molecule has 0 fully saturated rings. The molecule has 2 rings (SSSR count). The van der Waals surface area contributed by atoms with Gasteiger partial charge in [-0.05, 0) is 36.5 Å². The van der Waals surface area contributed by atoms with Crippen LogP contribution in [0.15, 0.2) is 36.1 Å². The fourth-order valence-corrected chi connectivity index (χ4v) is 2.07. The summed E-state index contributed by atoms with van der Waals surface area (Å²) >= 11 is 0. The summed E-state index contributed by atoms with van der Waals surface area (Å²) in [6.07, 6.45) is 5.35. The first-order valence-corrected chi connectivity index (χ1v) is 6.23. The minimum absolute atomic E-state index is 0.0267. The number of nitrogens with two attached hydrogens (primary N) is 1. The van der Waals surface area contributed by atoms with Crippen molar-refractivity contribution in [3.63, 3.8) is 0 Å². The van der Waals surface area contributed by atoms with Gasteiger partial charge in [0.2, 0.25) is 0 Å². The van der Waals surface area contributed by atoms with E-state index in [0.717, 1.165) is 37.2 Å². The highest BCUT2D eigenvalue weighted by molar-refractivity contribution is 5.29. The van der Waals surface area contributed by atoms with Crippen molar-refractivity contribution in [2.75, 3.05) is 6.61 Å². The molecule has 1 aromatic carbocycles. The van der Waals surface area contributed by atoms with Gasteiger partial charge in [-0.3, -0.25) is 5.84 Å². The molecule has 3 nitrogen and oxygen atoms in total. The lowest BCUT2D eigenvalue weighted by Gasteiger charge is -2.23. The molecule has 0 saturated heterocycles. The molecule has 1 aromatic rings. The second kappa shape index (κ2) is 5.84. The molecule has 1 heterocycles. The lowest BCUT2D eigenvalue weighted by Crippen LogP contribution is -2.31. The van der Waals surface area contributed by atoms with E-state index >= 15 is 0 Å². The van der Waals surface area contributed by atoms with Gasteiger partial charge in [-0.25, -0.2) is 5.43 Å². The first-order valence-electron chi connectivity index (χ1n) is 6.23. The minimum atomic E-state index is -0.0267. The van der Waals surface area contributed by atoms with E-state index in [2.05, 4.69) is 42.7 Å². The molecule has 1 aliphatic rings. The number of allylic oxidation sites excluding steroid dienone is 1. The molecule has 1 unspecified atom stereocenters. The summed E-state index contributed by atoms with van der Waals surface area (Å²) in [7, 11) is 0. The van der Waals surface area contributed by atoms with Crippen molar-refractivity contribution in [3.8, 4) is 0 Å². The molecule has 1 atom stereocenters. The molecule has 0 aromatic heterocycles. The third-order valence-corrected chi connectivity index (χ3v) is 3.14. The molecule has 3 N–H and O–H groups in total. The molecule has 17 heavy (non-hydrogen) atoms. The number of hydrazine groups is 1. The third-order valence-electron chi connectivity index (χ3n) is 3.14. The van der Waals surface area contributed by atoms with Gasteiger partial charge in [0.1, 0.15) is 11.8 Å². The standard InChI is InChI=1S/C14H20N2O/c1-2-11-6-8-12(9-7-11)14(16-15)13-5-3-4-10-17-13/h5-9,14,16H,2-4,10,15H2,1H3. The summed E-state index contributed by atoms with van der Waals surface area (Å²) in [5.74, 6) is 6.58. The van der Waals surface area contributed by atoms with Crippen LogP contribution in [0.2, 0.25) is 0 Å². The first kappa shape index (κ1) is 12.1. The van der Waals surface area contributed by atoms with E-state index in [1.807, 2.05) is 0 Å². The highest BCUT2D eigenvalue weighted by Crippen LogP contribution is 2.25. The highest BCUT2D eigenvalue weighted by Gasteiger charge is 2.18. The van der Waals surface area contributed by atoms with Crippen LogP contribution >= 0.6 is 0 Å². The SMILES string of the molecule is CCc1ccc(C(NN)C2=CCCCO2)cc1. The maximum absolute atomic E-state index is 5.66. The van der Waals surface area contributed by atoms with Crippen molar-refractivity contribution in [1.82, 2.24) is 5.43 Å². The van der Waals surface area contributed by atoms with Crippen LogP contribution in [0, 0.1) is 0 Å². The van der Waals surface area contributed by atoms with E-state index in [1.165, 1.54) is 5.56 Å². The van der Waals surface area contributed by atoms with Gasteiger partial charge in [0, 0.05) is 0 Å². The van der Waals surface area contributed by atoms with Crippen molar-refractivity contribution in [2.24, 2.45) is 5.84 Å². The molecule has 0 spiro atoms. The Labute approximate surface area is 103 Å². The van der Waals surface area contributed by atoms with Crippen molar-refractivity contribution >= 4 is 0 Å². The van der Waals surface area contributed by atoms with E-state index in [9.17, 15) is 0 Å². The Morgan fingerprint density at radius 2 is 2.12 bits per heavy atom. The summed E-state index contributed by atoms with van der Waals surface area (Å²) in [6, 6.07) is 8.48. The monoisotopic (exact) mass is 232 g/mol. The molecular formula is C14H20N2O. The number of rotatable bonds is 4. The molecule has 0 saturated carbocycles. The van der Waals surface area contributed by atoms with Crippen LogP contribution in [0.25, 0.3) is 0 Å². The fraction of sp³-hybridized carbons (Fsp3) is 0.429. The van der Waals surface area contributed by atoms with Crippen LogP contribution in [0.1, 0.15) is 36.9 Å². The maximum Gasteiger partial charge on any atom is 0.115 e. The lowest BCUT2D eigenvalue weighted by atomic mass is 10.0. The van der Waals surface area contributed by atoms with Crippen LogP contribution in [0.4, 0.5) is 0 Å². The van der Waals surface area contributed by atoms with Crippen LogP contribution in [0.5, 0.6) is 0 Å². The van der Waals surface area contributed by atoms with Gasteiger partial charge in [-0.2, -0.15) is 0 Å². The van der Waals surface area contributed by atoms with E-state index in [0.29, 0.717) is 0 Å². The summed E-state index contributed by atoms with van der Waals surface area (Å²) < 4.78 is 5.66. The second-order valence-electron chi connectivity index (χ2n) is 4.29. The lowest BCUT2D eigenvalue weighted by molar-refractivity contribution is 0.168. The fourth-order valence-electron chi connectivity index (χ4n) is 2.07. The molecule has 0 radical (unpaired) electrons. The largest absolute Gasteiger partial charge is 0.496 e. The Morgan fingerprint density at radius 1 is 1.35 bits per heavy atom. The van der Waals surface area contributed by atoms with Gasteiger partial charge in [-0.1, -0.05) is 31.2 Å². The van der Waals surface area contributed by atoms with Crippen LogP contribution < -0.4 is 11.3 Å². The average molecular weight is 232 g/mol. The number of benzene rings is 1. The topological polar surface area (TPSA) is 47.3 Å². The zero-order valence-electron chi connectivity index (χ0n) is 10.3. The molecule has 92 valence electrons. The van der Waals surface area contributed by atoms with Gasteiger partial charge in [0.05, 0.1) is 6.61 Å². The number of ether oxygens (including phenoxy) is 1. The molecule has 1 aliphatic heterocycles. The van der Waals surface area contributed by atoms with Crippen molar-refractivity contribution < 1.29 is 4.74 Å². The molecule has 0 bridgehead atoms. The summed E-state index contributed by atoms with van der Waals surface area (Å²) in [5.41, 5.74) is 5.32. The van der Waals surface area contributed by atoms with Crippen LogP contribution in [-0.2, 0) is 11.2 Å². The van der Waals surface area contributed by atoms with E-state index in [4.69, 9.17) is 10.6 Å². The molecule has 0 aliphatic carbocycles. The van der Waals surface area contributed by atoms with Gasteiger partial charge in [-0.15, -0.1) is 0 Å². The summed E-state index contributed by atoms with van der Waals surface area (Å²) in [5, 5.41) is 0. The number of hydrogen-bond acceptors (Lipinski definition) is 3. The zero-order valence-corrected chi connectivity index (χ0v) is 10.3. The highest BCUT2D eigenvalue weighted by atomic mass is 16.5. The van der Waals surface area contributed by atoms with E-state index in [-0.39, 0.29) is 6.04 Å². The van der Waals surface area contributed by atoms with Crippen LogP contribution in [-0.4, -0.2) is 6.61 Å². The van der Waals surface area contributed by atoms with Gasteiger partial charge in [0.25, 0.3) is 0 Å². The second-order valence-corrected chi connectivity index (χ2v) is 4.29. The van der Waals surface area contributed by atoms with E-state index < -0.39 is 0 Å². The Bertz CT molecular complexity index is 384. The zero-order chi connectivity index (χ0) is 12.1. The maximum atomic E-state index is 5.66. The summed E-state index contributed by atoms with van der Waals surface area (Å²) in [4.78, 5) is 0. The Balaban J connectivity index is 2.18. The molecular weight excluding hydrogens is 212 g/mol. The first-order chi connectivity index (χ1) is 8.35. The minimum Gasteiger partial charge on any atom is -0.496 e. The van der Waals surface area contributed by atoms with E-state index in [1.54, 1.807) is 0 Å². The Morgan fingerprint density at radius 3 is 2.65 bits per heavy atom. The van der Waals surface area contributed by atoms with Gasteiger partial charge in [0.15, 0.2) is 0 Å². The number of aryl methyl sites for hydroxylation is 1. The predicted octanol–water partition coefficient (Wildman–Crippen LogP) is 2.45. The average Bonchev–Trinajstić information content (AvgIpc) is 2.42. The third kappa shape index (κ3) is 2.87. The molecule has 0 amide bonds. The normalized spacial score (nSPS) is 17.2. The smallest absolute Gasteiger partial charge is 0.115 e. The Kier molecular flexibility index (Phi) is 4.18. The van der Waals surface area contributed by atoms with Crippen molar-refractivity contribution in [1.29, 1.82) is 0 Å². The number of nitrogens with one attached hydrogen (secondary N) is 1. The predicted molar refractivity (Wildman–Crippen MR) is 69.2 cm³/mol.